The van der Waals surface area contributed by atoms with Gasteiger partial charge in [0.25, 0.3) is 0 Å². The summed E-state index contributed by atoms with van der Waals surface area (Å²) in [6.07, 6.45) is 5.54. The molecule has 37 heavy (non-hydrogen) atoms. The number of Topliss-reactive ketones (excluding diaryl/α,β-unsaturated/α-hetero) is 1. The largest absolute Gasteiger partial charge is 0.464 e. The molecule has 1 aliphatic carbocycles. The predicted molar refractivity (Wildman–Crippen MR) is 142 cm³/mol. The van der Waals surface area contributed by atoms with Crippen molar-refractivity contribution in [1.82, 2.24) is 19.5 Å². The predicted octanol–water partition coefficient (Wildman–Crippen LogP) is 4.61. The molecule has 0 bridgehead atoms. The van der Waals surface area contributed by atoms with E-state index in [1.165, 1.54) is 0 Å². The molecule has 3 aromatic heterocycles. The number of fused-ring (bicyclic) bond motifs is 1. The van der Waals surface area contributed by atoms with Gasteiger partial charge in [0.2, 0.25) is 0 Å². The van der Waals surface area contributed by atoms with Gasteiger partial charge in [0.1, 0.15) is 16.7 Å². The van der Waals surface area contributed by atoms with Crippen LogP contribution in [0.15, 0.2) is 72.1 Å². The van der Waals surface area contributed by atoms with E-state index in [1.54, 1.807) is 39.4 Å². The first kappa shape index (κ1) is 24.8. The third kappa shape index (κ3) is 4.53. The van der Waals surface area contributed by atoms with Crippen LogP contribution in [0.5, 0.6) is 0 Å². The molecule has 0 radical (unpaired) electrons. The molecule has 1 fully saturated rings. The summed E-state index contributed by atoms with van der Waals surface area (Å²) in [4.78, 5) is 43.1. The van der Waals surface area contributed by atoms with E-state index in [9.17, 15) is 9.59 Å². The molecule has 1 saturated carbocycles. The molecule has 188 valence electrons. The number of hydrogen-bond acceptors (Lipinski definition) is 7. The van der Waals surface area contributed by atoms with Gasteiger partial charge in [-0.2, -0.15) is 0 Å². The maximum atomic E-state index is 12.7. The number of imidazole rings is 1. The van der Waals surface area contributed by atoms with Gasteiger partial charge < -0.3 is 4.74 Å². The average molecular weight is 516 g/mol. The minimum absolute atomic E-state index is 0.0922. The topological polar surface area (TPSA) is 99.3 Å². The second-order valence-corrected chi connectivity index (χ2v) is 9.80. The number of pyridine rings is 2. The molecule has 5 rings (SSSR count). The van der Waals surface area contributed by atoms with Crippen LogP contribution in [-0.2, 0) is 20.7 Å². The number of esters is 1. The second-order valence-electron chi connectivity index (χ2n) is 9.36. The quantitative estimate of drug-likeness (QED) is 0.263. The molecule has 1 unspecified atom stereocenters. The lowest BCUT2D eigenvalue weighted by Gasteiger charge is -2.39. The highest BCUT2D eigenvalue weighted by Gasteiger charge is 2.52. The van der Waals surface area contributed by atoms with Crippen molar-refractivity contribution in [3.8, 4) is 17.1 Å². The fourth-order valence-electron chi connectivity index (χ4n) is 4.47. The van der Waals surface area contributed by atoms with Gasteiger partial charge in [-0.25, -0.2) is 14.8 Å². The summed E-state index contributed by atoms with van der Waals surface area (Å²) in [6.45, 7) is 5.53. The summed E-state index contributed by atoms with van der Waals surface area (Å²) in [5.41, 5.74) is 3.88. The molecule has 0 saturated heterocycles. The Morgan fingerprint density at radius 1 is 1.16 bits per heavy atom. The Morgan fingerprint density at radius 3 is 2.59 bits per heavy atom. The van der Waals surface area contributed by atoms with Crippen LogP contribution in [0.3, 0.4) is 0 Å². The van der Waals surface area contributed by atoms with Crippen molar-refractivity contribution in [2.24, 2.45) is 10.4 Å². The van der Waals surface area contributed by atoms with E-state index in [-0.39, 0.29) is 12.4 Å². The van der Waals surface area contributed by atoms with Crippen LogP contribution in [0.1, 0.15) is 26.3 Å². The third-order valence-electron chi connectivity index (χ3n) is 6.54. The first-order valence-corrected chi connectivity index (χ1v) is 12.5. The summed E-state index contributed by atoms with van der Waals surface area (Å²) >= 11 is 6.22. The zero-order valence-electron chi connectivity index (χ0n) is 20.8. The smallest absolute Gasteiger partial charge is 0.331 e. The van der Waals surface area contributed by atoms with Gasteiger partial charge in [0.15, 0.2) is 17.5 Å². The van der Waals surface area contributed by atoms with Crippen molar-refractivity contribution in [2.45, 2.75) is 38.6 Å². The van der Waals surface area contributed by atoms with Gasteiger partial charge in [0.05, 0.1) is 17.7 Å². The highest BCUT2D eigenvalue weighted by atomic mass is 35.5. The number of benzene rings is 1. The lowest BCUT2D eigenvalue weighted by atomic mass is 9.68. The van der Waals surface area contributed by atoms with Gasteiger partial charge in [-0.3, -0.25) is 19.3 Å². The molecule has 0 aliphatic heterocycles. The van der Waals surface area contributed by atoms with Crippen molar-refractivity contribution in [2.75, 3.05) is 6.61 Å². The zero-order valence-corrected chi connectivity index (χ0v) is 21.5. The van der Waals surface area contributed by atoms with Crippen LogP contribution >= 0.6 is 11.6 Å². The SMILES string of the molecule is CCOC(=O)[C@H](Cc1ccc(-n2c(-c3cccnc3)nc3cccnc32)cc1)N=C1C(Cl)C(=O)C1(C)C. The minimum Gasteiger partial charge on any atom is -0.464 e. The van der Waals surface area contributed by atoms with Crippen molar-refractivity contribution < 1.29 is 14.3 Å². The average Bonchev–Trinajstić information content (AvgIpc) is 3.31. The summed E-state index contributed by atoms with van der Waals surface area (Å²) in [5, 5.41) is -0.803. The molecule has 0 N–H and O–H groups in total. The lowest BCUT2D eigenvalue weighted by Crippen LogP contribution is -2.57. The lowest BCUT2D eigenvalue weighted by molar-refractivity contribution is -0.144. The van der Waals surface area contributed by atoms with Crippen LogP contribution in [-0.4, -0.2) is 55.0 Å². The number of halogens is 1. The van der Waals surface area contributed by atoms with E-state index in [0.29, 0.717) is 12.1 Å². The number of rotatable bonds is 7. The fraction of sp³-hybridized carbons (Fsp3) is 0.286. The van der Waals surface area contributed by atoms with Gasteiger partial charge in [-0.1, -0.05) is 12.1 Å². The van der Waals surface area contributed by atoms with E-state index in [2.05, 4.69) is 15.0 Å². The molecule has 2 atom stereocenters. The Balaban J connectivity index is 1.48. The van der Waals surface area contributed by atoms with Crippen molar-refractivity contribution in [3.63, 3.8) is 0 Å². The molecule has 3 heterocycles. The standard InChI is InChI=1S/C28H26ClN5O3/c1-4-37-27(36)21(32-23-22(29)24(35)28(23,2)3)15-17-9-11-19(12-10-17)34-25(18-7-5-13-30-16-18)33-20-8-6-14-31-26(20)34/h5-14,16,21-22H,4,15H2,1-3H3/t21-,22?/m0/s1. The third-order valence-corrected chi connectivity index (χ3v) is 6.94. The number of alkyl halides is 1. The molecule has 1 aromatic carbocycles. The van der Waals surface area contributed by atoms with E-state index in [4.69, 9.17) is 21.3 Å². The van der Waals surface area contributed by atoms with Crippen LogP contribution in [0, 0.1) is 5.41 Å². The van der Waals surface area contributed by atoms with Crippen LogP contribution in [0.4, 0.5) is 0 Å². The Bertz CT molecular complexity index is 1500. The van der Waals surface area contributed by atoms with Crippen LogP contribution < -0.4 is 0 Å². The van der Waals surface area contributed by atoms with Gasteiger partial charge in [0, 0.05) is 36.3 Å². The van der Waals surface area contributed by atoms with Crippen LogP contribution in [0.25, 0.3) is 28.2 Å². The van der Waals surface area contributed by atoms with E-state index in [0.717, 1.165) is 33.8 Å². The molecular formula is C28H26ClN5O3. The highest BCUT2D eigenvalue weighted by molar-refractivity contribution is 6.53. The number of carbonyl (C=O) groups is 2. The first-order chi connectivity index (χ1) is 17.8. The number of ether oxygens (including phenoxy) is 1. The molecule has 0 spiro atoms. The second kappa shape index (κ2) is 9.86. The van der Waals surface area contributed by atoms with E-state index >= 15 is 0 Å². The Labute approximate surface area is 219 Å². The number of nitrogens with zero attached hydrogens (tertiary/aromatic N) is 5. The maximum absolute atomic E-state index is 12.7. The zero-order chi connectivity index (χ0) is 26.2. The monoisotopic (exact) mass is 515 g/mol. The van der Waals surface area contributed by atoms with E-state index < -0.39 is 22.8 Å². The number of hydrogen-bond donors (Lipinski definition) is 0. The molecule has 9 heteroatoms. The molecule has 0 amide bonds. The molecule has 4 aromatic rings. The van der Waals surface area contributed by atoms with Crippen molar-refractivity contribution >= 4 is 40.2 Å². The normalized spacial score (nSPS) is 18.5. The van der Waals surface area contributed by atoms with Gasteiger partial charge in [-0.15, -0.1) is 11.6 Å². The summed E-state index contributed by atoms with van der Waals surface area (Å²) < 4.78 is 7.26. The number of carbonyl (C=O) groups excluding carboxylic acids is 2. The Hall–Kier alpha value is -3.91. The first-order valence-electron chi connectivity index (χ1n) is 12.1. The Kier molecular flexibility index (Phi) is 6.60. The summed E-state index contributed by atoms with van der Waals surface area (Å²) in [7, 11) is 0. The Morgan fingerprint density at radius 2 is 1.92 bits per heavy atom. The van der Waals surface area contributed by atoms with Gasteiger partial charge >= 0.3 is 5.97 Å². The minimum atomic E-state index is -0.803. The summed E-state index contributed by atoms with van der Waals surface area (Å²) in [6, 6.07) is 14.6. The summed E-state index contributed by atoms with van der Waals surface area (Å²) in [5.74, 6) is 0.197. The maximum Gasteiger partial charge on any atom is 0.331 e. The van der Waals surface area contributed by atoms with E-state index in [1.807, 2.05) is 53.1 Å². The number of aromatic nitrogens is 4. The molecule has 8 nitrogen and oxygen atoms in total. The molecular weight excluding hydrogens is 490 g/mol. The highest BCUT2D eigenvalue weighted by Crippen LogP contribution is 2.38. The van der Waals surface area contributed by atoms with Gasteiger partial charge in [-0.05, 0) is 62.7 Å². The number of aliphatic imine (C=N–C) groups is 1. The molecule has 1 aliphatic rings. The van der Waals surface area contributed by atoms with Crippen molar-refractivity contribution in [1.29, 1.82) is 0 Å². The van der Waals surface area contributed by atoms with Crippen molar-refractivity contribution in [3.05, 3.63) is 72.7 Å². The number of ketones is 1. The fourth-order valence-corrected chi connectivity index (χ4v) is 5.07. The van der Waals surface area contributed by atoms with Crippen LogP contribution in [0.2, 0.25) is 0 Å².